The lowest BCUT2D eigenvalue weighted by atomic mass is 10.3. The number of hydrogen-bond acceptors (Lipinski definition) is 4. The highest BCUT2D eigenvalue weighted by molar-refractivity contribution is 6.07. The van der Waals surface area contributed by atoms with Crippen LogP contribution in [0.4, 0.5) is 14.5 Å². The topological polar surface area (TPSA) is 78.1 Å². The highest BCUT2D eigenvalue weighted by Gasteiger charge is 2.19. The minimum atomic E-state index is -2.56. The second-order valence-electron chi connectivity index (χ2n) is 4.74. The van der Waals surface area contributed by atoms with Crippen LogP contribution in [0, 0.1) is 0 Å². The molecule has 0 aliphatic rings. The van der Waals surface area contributed by atoms with Crippen molar-refractivity contribution in [3.63, 3.8) is 0 Å². The average molecular weight is 326 g/mol. The molecule has 9 heteroatoms. The van der Waals surface area contributed by atoms with E-state index in [4.69, 9.17) is 4.74 Å². The molecule has 7 nitrogen and oxygen atoms in total. The van der Waals surface area contributed by atoms with Gasteiger partial charge in [0.05, 0.1) is 12.3 Å². The molecule has 0 saturated carbocycles. The predicted molar refractivity (Wildman–Crippen MR) is 77.6 cm³/mol. The fraction of sp³-hybridized carbons (Fsp3) is 0.357. The highest BCUT2D eigenvalue weighted by Crippen LogP contribution is 2.18. The number of esters is 1. The third kappa shape index (κ3) is 4.15. The molecule has 0 atom stereocenters. The summed E-state index contributed by atoms with van der Waals surface area (Å²) in [6.45, 7) is 1.29. The lowest BCUT2D eigenvalue weighted by molar-refractivity contribution is 0.0527. The molecule has 0 fully saturated rings. The molecule has 0 aliphatic heterocycles. The second kappa shape index (κ2) is 7.03. The fourth-order valence-electron chi connectivity index (χ4n) is 1.97. The van der Waals surface area contributed by atoms with Crippen molar-refractivity contribution < 1.29 is 23.1 Å². The van der Waals surface area contributed by atoms with Gasteiger partial charge in [-0.15, -0.1) is 0 Å². The molecular formula is C14H16F2N4O3. The van der Waals surface area contributed by atoms with E-state index in [0.29, 0.717) is 0 Å². The lowest BCUT2D eigenvalue weighted by Gasteiger charge is -2.05. The smallest absolute Gasteiger partial charge is 0.341 e. The standard InChI is InChI=1S/C14H16F2N4O3/c1-3-23-14(22)9-6-19(2)7-11(9)17-13(21)10-4-5-20(18-10)8-12(15)16/h4-7,12H,3,8H2,1-2H3,(H,17,21). The number of aryl methyl sites for hydroxylation is 1. The Labute approximate surface area is 130 Å². The largest absolute Gasteiger partial charge is 0.462 e. The molecular weight excluding hydrogens is 310 g/mol. The molecule has 2 rings (SSSR count). The van der Waals surface area contributed by atoms with Crippen molar-refractivity contribution in [2.45, 2.75) is 19.9 Å². The second-order valence-corrected chi connectivity index (χ2v) is 4.74. The summed E-state index contributed by atoms with van der Waals surface area (Å²) in [4.78, 5) is 24.0. The van der Waals surface area contributed by atoms with E-state index < -0.39 is 24.8 Å². The minimum absolute atomic E-state index is 0.0238. The normalized spacial score (nSPS) is 10.8. The summed E-state index contributed by atoms with van der Waals surface area (Å²) in [5.74, 6) is -1.17. The van der Waals surface area contributed by atoms with E-state index in [1.807, 2.05) is 0 Å². The van der Waals surface area contributed by atoms with Gasteiger partial charge < -0.3 is 14.6 Å². The molecule has 0 radical (unpaired) electrons. The Morgan fingerprint density at radius 2 is 2.13 bits per heavy atom. The number of carbonyl (C=O) groups is 2. The number of aromatic nitrogens is 3. The summed E-state index contributed by atoms with van der Waals surface area (Å²) in [6.07, 6.45) is 1.79. The Hall–Kier alpha value is -2.71. The Morgan fingerprint density at radius 3 is 2.78 bits per heavy atom. The van der Waals surface area contributed by atoms with E-state index in [1.54, 1.807) is 24.7 Å². The molecule has 2 aromatic heterocycles. The molecule has 0 saturated heterocycles. The monoisotopic (exact) mass is 326 g/mol. The zero-order valence-corrected chi connectivity index (χ0v) is 12.6. The SMILES string of the molecule is CCOC(=O)c1cn(C)cc1NC(=O)c1ccn(CC(F)F)n1. The Bertz CT molecular complexity index is 709. The Kier molecular flexibility index (Phi) is 5.09. The summed E-state index contributed by atoms with van der Waals surface area (Å²) < 4.78 is 32.0. The number of carbonyl (C=O) groups excluding carboxylic acids is 2. The maximum Gasteiger partial charge on any atom is 0.341 e. The number of ether oxygens (including phenoxy) is 1. The quantitative estimate of drug-likeness (QED) is 0.823. The number of alkyl halides is 2. The zero-order chi connectivity index (χ0) is 17.0. The molecule has 0 unspecified atom stereocenters. The van der Waals surface area contributed by atoms with Crippen molar-refractivity contribution in [2.75, 3.05) is 11.9 Å². The Balaban J connectivity index is 2.14. The molecule has 23 heavy (non-hydrogen) atoms. The molecule has 124 valence electrons. The number of nitrogens with zero attached hydrogens (tertiary/aromatic N) is 3. The third-order valence-corrected chi connectivity index (χ3v) is 2.90. The van der Waals surface area contributed by atoms with Crippen molar-refractivity contribution in [3.8, 4) is 0 Å². The highest BCUT2D eigenvalue weighted by atomic mass is 19.3. The predicted octanol–water partition coefficient (Wildman–Crippen LogP) is 1.92. The van der Waals surface area contributed by atoms with Crippen LogP contribution in [0.5, 0.6) is 0 Å². The van der Waals surface area contributed by atoms with Crippen molar-refractivity contribution in [3.05, 3.63) is 35.9 Å². The first kappa shape index (κ1) is 16.7. The molecule has 0 aliphatic carbocycles. The van der Waals surface area contributed by atoms with Crippen molar-refractivity contribution in [1.29, 1.82) is 0 Å². The number of amides is 1. The van der Waals surface area contributed by atoms with Gasteiger partial charge in [0.1, 0.15) is 12.1 Å². The number of anilines is 1. The maximum atomic E-state index is 12.3. The van der Waals surface area contributed by atoms with Crippen LogP contribution in [0.15, 0.2) is 24.7 Å². The first-order valence-corrected chi connectivity index (χ1v) is 6.86. The van der Waals surface area contributed by atoms with Gasteiger partial charge in [0, 0.05) is 25.6 Å². The number of rotatable bonds is 6. The van der Waals surface area contributed by atoms with Crippen LogP contribution in [-0.2, 0) is 18.3 Å². The van der Waals surface area contributed by atoms with Gasteiger partial charge in [-0.2, -0.15) is 5.10 Å². The van der Waals surface area contributed by atoms with Gasteiger partial charge in [0.2, 0.25) is 0 Å². The lowest BCUT2D eigenvalue weighted by Crippen LogP contribution is -2.16. The fourth-order valence-corrected chi connectivity index (χ4v) is 1.97. The van der Waals surface area contributed by atoms with E-state index >= 15 is 0 Å². The number of halogens is 2. The van der Waals surface area contributed by atoms with Crippen LogP contribution in [0.3, 0.4) is 0 Å². The van der Waals surface area contributed by atoms with Crippen LogP contribution in [-0.4, -0.2) is 39.3 Å². The van der Waals surface area contributed by atoms with Gasteiger partial charge in [-0.05, 0) is 13.0 Å². The number of hydrogen-bond donors (Lipinski definition) is 1. The van der Waals surface area contributed by atoms with Crippen molar-refractivity contribution >= 4 is 17.6 Å². The molecule has 2 aromatic rings. The average Bonchev–Trinajstić information content (AvgIpc) is 3.05. The van der Waals surface area contributed by atoms with Crippen LogP contribution in [0.2, 0.25) is 0 Å². The summed E-state index contributed by atoms with van der Waals surface area (Å²) in [5.41, 5.74) is 0.443. The van der Waals surface area contributed by atoms with Gasteiger partial charge in [-0.25, -0.2) is 13.6 Å². The van der Waals surface area contributed by atoms with Crippen LogP contribution in [0.1, 0.15) is 27.8 Å². The zero-order valence-electron chi connectivity index (χ0n) is 12.6. The summed E-state index contributed by atoms with van der Waals surface area (Å²) >= 11 is 0. The van der Waals surface area contributed by atoms with E-state index in [0.717, 1.165) is 4.68 Å². The maximum absolute atomic E-state index is 12.3. The van der Waals surface area contributed by atoms with Gasteiger partial charge in [-0.3, -0.25) is 9.48 Å². The van der Waals surface area contributed by atoms with Crippen LogP contribution < -0.4 is 5.32 Å². The van der Waals surface area contributed by atoms with E-state index in [2.05, 4.69) is 10.4 Å². The molecule has 1 N–H and O–H groups in total. The van der Waals surface area contributed by atoms with Crippen molar-refractivity contribution in [1.82, 2.24) is 14.3 Å². The van der Waals surface area contributed by atoms with Crippen LogP contribution in [0.25, 0.3) is 0 Å². The third-order valence-electron chi connectivity index (χ3n) is 2.90. The molecule has 1 amide bonds. The summed E-state index contributed by atoms with van der Waals surface area (Å²) in [5, 5.41) is 6.30. The minimum Gasteiger partial charge on any atom is -0.462 e. The van der Waals surface area contributed by atoms with Crippen molar-refractivity contribution in [2.24, 2.45) is 7.05 Å². The summed E-state index contributed by atoms with van der Waals surface area (Å²) in [6, 6.07) is 1.32. The molecule has 0 aromatic carbocycles. The molecule has 0 spiro atoms. The van der Waals surface area contributed by atoms with E-state index in [-0.39, 0.29) is 23.6 Å². The molecule has 2 heterocycles. The molecule has 0 bridgehead atoms. The van der Waals surface area contributed by atoms with Gasteiger partial charge in [0.25, 0.3) is 12.3 Å². The van der Waals surface area contributed by atoms with E-state index in [9.17, 15) is 18.4 Å². The van der Waals surface area contributed by atoms with Gasteiger partial charge >= 0.3 is 5.97 Å². The first-order valence-electron chi connectivity index (χ1n) is 6.86. The Morgan fingerprint density at radius 1 is 1.39 bits per heavy atom. The van der Waals surface area contributed by atoms with Crippen LogP contribution >= 0.6 is 0 Å². The first-order chi connectivity index (χ1) is 10.9. The van der Waals surface area contributed by atoms with Gasteiger partial charge in [-0.1, -0.05) is 0 Å². The summed E-state index contributed by atoms with van der Waals surface area (Å²) in [7, 11) is 1.69. The van der Waals surface area contributed by atoms with E-state index in [1.165, 1.54) is 18.5 Å². The number of nitrogens with one attached hydrogen (secondary N) is 1. The van der Waals surface area contributed by atoms with Gasteiger partial charge in [0.15, 0.2) is 5.69 Å².